The number of rotatable bonds is 2. The van der Waals surface area contributed by atoms with Crippen molar-refractivity contribution < 1.29 is 4.39 Å². The van der Waals surface area contributed by atoms with Crippen molar-refractivity contribution in [3.63, 3.8) is 0 Å². The van der Waals surface area contributed by atoms with E-state index in [1.165, 1.54) is 17.2 Å². The molecule has 0 saturated carbocycles. The number of fused-ring (bicyclic) bond motifs is 1. The summed E-state index contributed by atoms with van der Waals surface area (Å²) in [6.07, 6.45) is 7.50. The molecule has 0 fully saturated rings. The average Bonchev–Trinajstić information content (AvgIpc) is 2.78. The van der Waals surface area contributed by atoms with Gasteiger partial charge in [0.05, 0.1) is 5.02 Å². The van der Waals surface area contributed by atoms with E-state index in [0.717, 1.165) is 24.8 Å². The van der Waals surface area contributed by atoms with Gasteiger partial charge in [0.25, 0.3) is 0 Å². The first-order valence-corrected chi connectivity index (χ1v) is 6.89. The summed E-state index contributed by atoms with van der Waals surface area (Å²) in [6.45, 7) is 0.647. The zero-order valence-corrected chi connectivity index (χ0v) is 11.3. The van der Waals surface area contributed by atoms with Crippen LogP contribution in [0.1, 0.15) is 35.6 Å². The smallest absolute Gasteiger partial charge is 0.142 e. The summed E-state index contributed by atoms with van der Waals surface area (Å²) in [5, 5.41) is 0.164. The predicted octanol–water partition coefficient (Wildman–Crippen LogP) is 3.67. The number of hydrogen-bond donors (Lipinski definition) is 1. The number of halogens is 2. The van der Waals surface area contributed by atoms with Gasteiger partial charge in [0.1, 0.15) is 5.82 Å². The molecule has 0 bridgehead atoms. The van der Waals surface area contributed by atoms with Gasteiger partial charge in [-0.2, -0.15) is 0 Å². The lowest BCUT2D eigenvalue weighted by Gasteiger charge is -2.17. The van der Waals surface area contributed by atoms with Gasteiger partial charge in [-0.25, -0.2) is 4.39 Å². The third-order valence-corrected chi connectivity index (χ3v) is 4.01. The number of nitrogens with zero attached hydrogens (tertiary/aromatic N) is 1. The second-order valence-electron chi connectivity index (χ2n) is 5.16. The Balaban J connectivity index is 1.85. The highest BCUT2D eigenvalue weighted by molar-refractivity contribution is 6.30. The van der Waals surface area contributed by atoms with Gasteiger partial charge in [0.2, 0.25) is 0 Å². The van der Waals surface area contributed by atoms with Crippen LogP contribution in [0.5, 0.6) is 0 Å². The molecule has 1 atom stereocenters. The van der Waals surface area contributed by atoms with Crippen LogP contribution in [0.2, 0.25) is 5.02 Å². The van der Waals surface area contributed by atoms with E-state index in [-0.39, 0.29) is 16.9 Å². The van der Waals surface area contributed by atoms with Gasteiger partial charge in [0, 0.05) is 25.0 Å². The fourth-order valence-corrected chi connectivity index (χ4v) is 2.84. The van der Waals surface area contributed by atoms with E-state index >= 15 is 0 Å². The third kappa shape index (κ3) is 2.53. The second-order valence-corrected chi connectivity index (χ2v) is 5.57. The van der Waals surface area contributed by atoms with E-state index < -0.39 is 0 Å². The van der Waals surface area contributed by atoms with Crippen LogP contribution in [0.15, 0.2) is 30.6 Å². The Morgan fingerprint density at radius 1 is 1.37 bits per heavy atom. The highest BCUT2D eigenvalue weighted by Gasteiger charge is 2.18. The first-order chi connectivity index (χ1) is 9.13. The lowest BCUT2D eigenvalue weighted by Crippen LogP contribution is -2.15. The van der Waals surface area contributed by atoms with Crippen molar-refractivity contribution in [2.45, 2.75) is 31.8 Å². The Morgan fingerprint density at radius 2 is 2.21 bits per heavy atom. The van der Waals surface area contributed by atoms with Crippen molar-refractivity contribution in [1.29, 1.82) is 0 Å². The number of hydrogen-bond acceptors (Lipinski definition) is 1. The zero-order valence-electron chi connectivity index (χ0n) is 10.6. The maximum absolute atomic E-state index is 13.4. The van der Waals surface area contributed by atoms with E-state index in [1.807, 2.05) is 6.07 Å². The molecule has 100 valence electrons. The minimum Gasteiger partial charge on any atom is -0.349 e. The molecular formula is C15H16ClFN2. The van der Waals surface area contributed by atoms with Crippen LogP contribution in [0.25, 0.3) is 0 Å². The Kier molecular flexibility index (Phi) is 3.33. The maximum Gasteiger partial charge on any atom is 0.142 e. The van der Waals surface area contributed by atoms with Gasteiger partial charge < -0.3 is 10.3 Å². The van der Waals surface area contributed by atoms with Crippen molar-refractivity contribution in [3.8, 4) is 0 Å². The lowest BCUT2D eigenvalue weighted by molar-refractivity contribution is 0.573. The molecule has 4 heteroatoms. The highest BCUT2D eigenvalue weighted by atomic mass is 35.5. The first kappa shape index (κ1) is 12.7. The molecule has 2 nitrogen and oxygen atoms in total. The van der Waals surface area contributed by atoms with Gasteiger partial charge in [-0.3, -0.25) is 0 Å². The Morgan fingerprint density at radius 3 is 2.95 bits per heavy atom. The molecule has 0 spiro atoms. The number of aryl methyl sites for hydroxylation is 1. The van der Waals surface area contributed by atoms with Crippen LogP contribution in [-0.4, -0.2) is 4.57 Å². The van der Waals surface area contributed by atoms with E-state index in [1.54, 1.807) is 6.07 Å². The monoisotopic (exact) mass is 278 g/mol. The molecule has 0 saturated heterocycles. The number of nitrogens with two attached hydrogens (primary N) is 1. The number of benzene rings is 1. The molecule has 1 aromatic carbocycles. The van der Waals surface area contributed by atoms with Gasteiger partial charge in [-0.1, -0.05) is 17.7 Å². The van der Waals surface area contributed by atoms with Crippen molar-refractivity contribution >= 4 is 11.6 Å². The first-order valence-electron chi connectivity index (χ1n) is 6.51. The van der Waals surface area contributed by atoms with Crippen LogP contribution in [0.4, 0.5) is 4.39 Å². The molecule has 1 aromatic heterocycles. The molecule has 0 radical (unpaired) electrons. The predicted molar refractivity (Wildman–Crippen MR) is 74.8 cm³/mol. The van der Waals surface area contributed by atoms with Crippen LogP contribution in [-0.2, 0) is 13.0 Å². The van der Waals surface area contributed by atoms with Crippen molar-refractivity contribution in [2.75, 3.05) is 0 Å². The summed E-state index contributed by atoms with van der Waals surface area (Å²) in [4.78, 5) is 0. The summed E-state index contributed by atoms with van der Waals surface area (Å²) in [6, 6.07) is 5.08. The van der Waals surface area contributed by atoms with Crippen LogP contribution in [0.3, 0.4) is 0 Å². The summed E-state index contributed by atoms with van der Waals surface area (Å²) >= 11 is 5.69. The summed E-state index contributed by atoms with van der Waals surface area (Å²) in [5.74, 6) is -0.368. The Hall–Kier alpha value is -1.32. The van der Waals surface area contributed by atoms with Crippen LogP contribution < -0.4 is 5.73 Å². The van der Waals surface area contributed by atoms with Crippen molar-refractivity contribution in [2.24, 2.45) is 5.73 Å². The van der Waals surface area contributed by atoms with Gasteiger partial charge in [0.15, 0.2) is 0 Å². The molecular weight excluding hydrogens is 263 g/mol. The summed E-state index contributed by atoms with van der Waals surface area (Å²) in [5.41, 5.74) is 9.58. The molecule has 2 aromatic rings. The molecule has 1 aliphatic carbocycles. The Bertz CT molecular complexity index is 606. The molecule has 1 aliphatic rings. The van der Waals surface area contributed by atoms with E-state index in [0.29, 0.717) is 6.54 Å². The van der Waals surface area contributed by atoms with Gasteiger partial charge in [-0.05, 0) is 48.1 Å². The van der Waals surface area contributed by atoms with Gasteiger partial charge >= 0.3 is 0 Å². The second kappa shape index (κ2) is 4.99. The van der Waals surface area contributed by atoms with Crippen molar-refractivity contribution in [3.05, 3.63) is 58.1 Å². The van der Waals surface area contributed by atoms with E-state index in [4.69, 9.17) is 17.3 Å². The van der Waals surface area contributed by atoms with Crippen LogP contribution >= 0.6 is 11.6 Å². The Labute approximate surface area is 117 Å². The summed E-state index contributed by atoms with van der Waals surface area (Å²) in [7, 11) is 0. The molecule has 3 rings (SSSR count). The van der Waals surface area contributed by atoms with E-state index in [2.05, 4.69) is 17.0 Å². The summed E-state index contributed by atoms with van der Waals surface area (Å²) < 4.78 is 15.5. The van der Waals surface area contributed by atoms with Gasteiger partial charge in [-0.15, -0.1) is 0 Å². The lowest BCUT2D eigenvalue weighted by atomic mass is 9.92. The normalized spacial score (nSPS) is 18.4. The highest BCUT2D eigenvalue weighted by Crippen LogP contribution is 2.29. The molecule has 1 heterocycles. The minimum atomic E-state index is -0.368. The maximum atomic E-state index is 13.4. The van der Waals surface area contributed by atoms with Crippen molar-refractivity contribution in [1.82, 2.24) is 4.57 Å². The molecule has 2 N–H and O–H groups in total. The molecule has 0 amide bonds. The molecule has 1 unspecified atom stereocenters. The fraction of sp³-hybridized carbons (Fsp3) is 0.333. The molecule has 19 heavy (non-hydrogen) atoms. The zero-order chi connectivity index (χ0) is 13.4. The largest absolute Gasteiger partial charge is 0.349 e. The average molecular weight is 279 g/mol. The quantitative estimate of drug-likeness (QED) is 0.893. The molecule has 0 aliphatic heterocycles. The third-order valence-electron chi connectivity index (χ3n) is 3.71. The number of aromatic nitrogens is 1. The van der Waals surface area contributed by atoms with E-state index in [9.17, 15) is 4.39 Å². The minimum absolute atomic E-state index is 0.145. The fourth-order valence-electron chi connectivity index (χ4n) is 2.72. The van der Waals surface area contributed by atoms with Crippen LogP contribution in [0, 0.1) is 5.82 Å². The topological polar surface area (TPSA) is 30.9 Å². The SMILES string of the molecule is NC1CCCc2cn(Cc3ccc(Cl)c(F)c3)cc21. The standard InChI is InChI=1S/C15H16ClFN2/c16-13-5-4-10(6-14(13)17)7-19-8-11-2-1-3-15(18)12(11)9-19/h4-6,8-9,15H,1-3,7,18H2.